The SMILES string of the molecule is O=C(OCCC1CC2CC1C1C(CCOC(=O)c3ccc(O)cc3)CCC21)c1ccc(O)cc1. The Morgan fingerprint density at radius 3 is 1.79 bits per heavy atom. The highest BCUT2D eigenvalue weighted by atomic mass is 16.5. The summed E-state index contributed by atoms with van der Waals surface area (Å²) in [6, 6.07) is 12.3. The highest BCUT2D eigenvalue weighted by molar-refractivity contribution is 5.89. The molecule has 6 atom stereocenters. The molecule has 0 saturated heterocycles. The summed E-state index contributed by atoms with van der Waals surface area (Å²) in [7, 11) is 0. The molecule has 3 fully saturated rings. The Balaban J connectivity index is 1.09. The number of carbonyl (C=O) groups excluding carboxylic acids is 2. The molecular weight excluding hydrogens is 432 g/mol. The number of benzene rings is 2. The van der Waals surface area contributed by atoms with Crippen LogP contribution in [0.15, 0.2) is 48.5 Å². The third-order valence-electron chi connectivity index (χ3n) is 8.44. The van der Waals surface area contributed by atoms with Crippen LogP contribution in [0.5, 0.6) is 11.5 Å². The van der Waals surface area contributed by atoms with Crippen LogP contribution in [0, 0.1) is 35.5 Å². The van der Waals surface area contributed by atoms with Crippen molar-refractivity contribution in [3.05, 3.63) is 59.7 Å². The molecule has 2 aromatic carbocycles. The monoisotopic (exact) mass is 464 g/mol. The van der Waals surface area contributed by atoms with Gasteiger partial charge in [0.1, 0.15) is 11.5 Å². The van der Waals surface area contributed by atoms with Gasteiger partial charge in [-0.2, -0.15) is 0 Å². The number of rotatable bonds is 8. The van der Waals surface area contributed by atoms with Crippen LogP contribution in [-0.2, 0) is 9.47 Å². The van der Waals surface area contributed by atoms with Crippen LogP contribution < -0.4 is 0 Å². The zero-order valence-corrected chi connectivity index (χ0v) is 19.3. The van der Waals surface area contributed by atoms with E-state index in [-0.39, 0.29) is 23.4 Å². The summed E-state index contributed by atoms with van der Waals surface area (Å²) in [5, 5.41) is 18.7. The van der Waals surface area contributed by atoms with Crippen molar-refractivity contribution in [2.24, 2.45) is 35.5 Å². The molecule has 6 nitrogen and oxygen atoms in total. The minimum Gasteiger partial charge on any atom is -0.508 e. The Hall–Kier alpha value is -3.02. The average molecular weight is 465 g/mol. The van der Waals surface area contributed by atoms with Crippen molar-refractivity contribution in [2.75, 3.05) is 13.2 Å². The summed E-state index contributed by atoms with van der Waals surface area (Å²) >= 11 is 0. The predicted octanol–water partition coefficient (Wildman–Crippen LogP) is 5.19. The van der Waals surface area contributed by atoms with E-state index in [1.54, 1.807) is 24.3 Å². The van der Waals surface area contributed by atoms with Crippen molar-refractivity contribution < 1.29 is 29.3 Å². The van der Waals surface area contributed by atoms with Crippen molar-refractivity contribution >= 4 is 11.9 Å². The Bertz CT molecular complexity index is 1010. The fourth-order valence-electron chi connectivity index (χ4n) is 7.02. The maximum atomic E-state index is 12.3. The van der Waals surface area contributed by atoms with Crippen molar-refractivity contribution in [3.63, 3.8) is 0 Å². The minimum atomic E-state index is -0.338. The number of carbonyl (C=O) groups is 2. The van der Waals surface area contributed by atoms with Gasteiger partial charge in [-0.15, -0.1) is 0 Å². The van der Waals surface area contributed by atoms with Gasteiger partial charge in [0.25, 0.3) is 0 Å². The van der Waals surface area contributed by atoms with E-state index in [0.29, 0.717) is 48.0 Å². The van der Waals surface area contributed by atoms with Gasteiger partial charge in [-0.25, -0.2) is 9.59 Å². The number of esters is 2. The fourth-order valence-corrected chi connectivity index (χ4v) is 7.02. The van der Waals surface area contributed by atoms with E-state index >= 15 is 0 Å². The number of fused-ring (bicyclic) bond motifs is 5. The summed E-state index contributed by atoms with van der Waals surface area (Å²) in [6.45, 7) is 0.861. The summed E-state index contributed by atoms with van der Waals surface area (Å²) in [5.41, 5.74) is 0.924. The van der Waals surface area contributed by atoms with Crippen molar-refractivity contribution in [1.82, 2.24) is 0 Å². The third-order valence-corrected chi connectivity index (χ3v) is 8.44. The second kappa shape index (κ2) is 9.69. The quantitative estimate of drug-likeness (QED) is 0.522. The van der Waals surface area contributed by atoms with Gasteiger partial charge < -0.3 is 19.7 Å². The predicted molar refractivity (Wildman–Crippen MR) is 125 cm³/mol. The zero-order valence-electron chi connectivity index (χ0n) is 19.3. The molecule has 0 spiro atoms. The first kappa shape index (κ1) is 22.8. The molecule has 3 saturated carbocycles. The lowest BCUT2D eigenvalue weighted by Crippen LogP contribution is -2.29. The molecule has 3 aliphatic rings. The van der Waals surface area contributed by atoms with E-state index in [2.05, 4.69) is 0 Å². The molecule has 2 aromatic rings. The number of phenolic OH excluding ortho intramolecular Hbond substituents is 2. The third kappa shape index (κ3) is 4.63. The number of ether oxygens (including phenoxy) is 2. The Morgan fingerprint density at radius 2 is 1.24 bits per heavy atom. The standard InChI is InChI=1S/C28H32O6/c29-22-6-1-18(2-7-22)27(31)33-13-11-17-5-10-24-21-15-20(25(16-21)26(17)24)12-14-34-28(32)19-3-8-23(30)9-4-19/h1-4,6-9,17,20-21,24-26,29-30H,5,10-16H2. The Morgan fingerprint density at radius 1 is 0.706 bits per heavy atom. The largest absolute Gasteiger partial charge is 0.508 e. The topological polar surface area (TPSA) is 93.1 Å². The highest BCUT2D eigenvalue weighted by Crippen LogP contribution is 2.63. The Kier molecular flexibility index (Phi) is 6.48. The van der Waals surface area contributed by atoms with E-state index in [4.69, 9.17) is 9.47 Å². The van der Waals surface area contributed by atoms with E-state index in [1.807, 2.05) is 0 Å². The summed E-state index contributed by atoms with van der Waals surface area (Å²) in [6.07, 6.45) is 6.82. The lowest BCUT2D eigenvalue weighted by Gasteiger charge is -2.34. The van der Waals surface area contributed by atoms with Gasteiger partial charge in [0.05, 0.1) is 24.3 Å². The average Bonchev–Trinajstić information content (AvgIpc) is 3.53. The van der Waals surface area contributed by atoms with Gasteiger partial charge in [0.2, 0.25) is 0 Å². The normalized spacial score (nSPS) is 29.1. The first-order valence-electron chi connectivity index (χ1n) is 12.4. The van der Waals surface area contributed by atoms with E-state index < -0.39 is 0 Å². The summed E-state index contributed by atoms with van der Waals surface area (Å²) in [5.74, 6) is 3.76. The Labute approximate surface area is 199 Å². The maximum Gasteiger partial charge on any atom is 0.338 e. The molecule has 6 unspecified atom stereocenters. The molecule has 0 heterocycles. The number of phenols is 2. The molecule has 6 heteroatoms. The highest BCUT2D eigenvalue weighted by Gasteiger charge is 2.56. The molecule has 0 aromatic heterocycles. The number of hydrogen-bond acceptors (Lipinski definition) is 6. The van der Waals surface area contributed by atoms with Crippen LogP contribution in [0.2, 0.25) is 0 Å². The smallest absolute Gasteiger partial charge is 0.338 e. The summed E-state index contributed by atoms with van der Waals surface area (Å²) in [4.78, 5) is 24.5. The van der Waals surface area contributed by atoms with Gasteiger partial charge >= 0.3 is 11.9 Å². The van der Waals surface area contributed by atoms with E-state index in [9.17, 15) is 19.8 Å². The minimum absolute atomic E-state index is 0.134. The van der Waals surface area contributed by atoms with Gasteiger partial charge in [-0.05, 0) is 123 Å². The second-order valence-electron chi connectivity index (χ2n) is 10.2. The molecular formula is C28H32O6. The van der Waals surface area contributed by atoms with Crippen LogP contribution in [0.1, 0.15) is 59.2 Å². The molecule has 0 radical (unpaired) electrons. The van der Waals surface area contributed by atoms with E-state index in [1.165, 1.54) is 49.9 Å². The molecule has 0 aliphatic heterocycles. The van der Waals surface area contributed by atoms with Crippen LogP contribution >= 0.6 is 0 Å². The molecule has 5 rings (SSSR count). The molecule has 0 amide bonds. The molecule has 2 N–H and O–H groups in total. The second-order valence-corrected chi connectivity index (χ2v) is 10.2. The summed E-state index contributed by atoms with van der Waals surface area (Å²) < 4.78 is 11.1. The number of hydrogen-bond donors (Lipinski definition) is 2. The van der Waals surface area contributed by atoms with Crippen LogP contribution in [0.3, 0.4) is 0 Å². The lowest BCUT2D eigenvalue weighted by atomic mass is 9.71. The van der Waals surface area contributed by atoms with Crippen LogP contribution in [0.4, 0.5) is 0 Å². The molecule has 180 valence electrons. The first-order chi connectivity index (χ1) is 16.5. The van der Waals surface area contributed by atoms with Crippen molar-refractivity contribution in [2.45, 2.75) is 38.5 Å². The van der Waals surface area contributed by atoms with Gasteiger partial charge in [0.15, 0.2) is 0 Å². The first-order valence-corrected chi connectivity index (χ1v) is 12.4. The maximum absolute atomic E-state index is 12.3. The van der Waals surface area contributed by atoms with Gasteiger partial charge in [0, 0.05) is 0 Å². The lowest BCUT2D eigenvalue weighted by molar-refractivity contribution is 0.0400. The number of aromatic hydroxyl groups is 2. The van der Waals surface area contributed by atoms with Gasteiger partial charge in [-0.3, -0.25) is 0 Å². The van der Waals surface area contributed by atoms with Crippen molar-refractivity contribution in [3.8, 4) is 11.5 Å². The molecule has 3 aliphatic carbocycles. The molecule has 34 heavy (non-hydrogen) atoms. The van der Waals surface area contributed by atoms with Crippen LogP contribution in [-0.4, -0.2) is 35.4 Å². The molecule has 2 bridgehead atoms. The van der Waals surface area contributed by atoms with Crippen molar-refractivity contribution in [1.29, 1.82) is 0 Å². The zero-order chi connectivity index (χ0) is 23.7. The fraction of sp³-hybridized carbons (Fsp3) is 0.500. The van der Waals surface area contributed by atoms with E-state index in [0.717, 1.165) is 24.7 Å². The van der Waals surface area contributed by atoms with Gasteiger partial charge in [-0.1, -0.05) is 0 Å². The van der Waals surface area contributed by atoms with Crippen LogP contribution in [0.25, 0.3) is 0 Å².